The van der Waals surface area contributed by atoms with Gasteiger partial charge in [-0.15, -0.1) is 0 Å². The van der Waals surface area contributed by atoms with Crippen LogP contribution < -0.4 is 0 Å². The number of likely N-dealkylation sites (tertiary alicyclic amines) is 1. The largest absolute Gasteiger partial charge is 0.392 e. The molecule has 3 rings (SSSR count). The lowest BCUT2D eigenvalue weighted by atomic mass is 10.1. The Balaban J connectivity index is 1.82. The predicted molar refractivity (Wildman–Crippen MR) is 73.9 cm³/mol. The maximum absolute atomic E-state index is 14.0. The van der Waals surface area contributed by atoms with Gasteiger partial charge in [0.15, 0.2) is 5.82 Å². The van der Waals surface area contributed by atoms with E-state index in [9.17, 15) is 9.50 Å². The Labute approximate surface area is 126 Å². The van der Waals surface area contributed by atoms with Crippen LogP contribution in [0.4, 0.5) is 4.39 Å². The average molecular weight is 302 g/mol. The summed E-state index contributed by atoms with van der Waals surface area (Å²) in [4.78, 5) is 6.11. The van der Waals surface area contributed by atoms with Crippen molar-refractivity contribution >= 4 is 0 Å². The molecular weight excluding hydrogens is 287 g/mol. The zero-order valence-corrected chi connectivity index (χ0v) is 12.0. The van der Waals surface area contributed by atoms with E-state index in [1.54, 1.807) is 19.1 Å². The molecule has 2 atom stereocenters. The van der Waals surface area contributed by atoms with Gasteiger partial charge in [0, 0.05) is 18.7 Å². The lowest BCUT2D eigenvalue weighted by Crippen LogP contribution is -2.25. The SMILES string of the molecule is Cc1noc([C@H]2C[C@@H](O)CN2Cc2ccc(C#N)cc2F)n1. The highest BCUT2D eigenvalue weighted by molar-refractivity contribution is 5.33. The van der Waals surface area contributed by atoms with Crippen LogP contribution in [0.3, 0.4) is 0 Å². The second-order valence-electron chi connectivity index (χ2n) is 5.43. The molecule has 0 spiro atoms. The third kappa shape index (κ3) is 2.84. The molecule has 1 saturated heterocycles. The molecular formula is C15H15FN4O2. The summed E-state index contributed by atoms with van der Waals surface area (Å²) in [5.74, 6) is 0.532. The molecule has 0 bridgehead atoms. The molecule has 0 radical (unpaired) electrons. The minimum atomic E-state index is -0.515. The van der Waals surface area contributed by atoms with Crippen molar-refractivity contribution in [3.05, 3.63) is 46.9 Å². The van der Waals surface area contributed by atoms with Gasteiger partial charge in [0.1, 0.15) is 5.82 Å². The molecule has 0 amide bonds. The highest BCUT2D eigenvalue weighted by atomic mass is 19.1. The molecule has 1 aliphatic heterocycles. The summed E-state index contributed by atoms with van der Waals surface area (Å²) >= 11 is 0. The summed E-state index contributed by atoms with van der Waals surface area (Å²) in [6.07, 6.45) is -0.0434. The number of halogens is 1. The number of aromatic nitrogens is 2. The number of aliphatic hydroxyl groups excluding tert-OH is 1. The van der Waals surface area contributed by atoms with Gasteiger partial charge in [0.05, 0.1) is 23.8 Å². The zero-order valence-electron chi connectivity index (χ0n) is 12.0. The van der Waals surface area contributed by atoms with E-state index in [-0.39, 0.29) is 11.6 Å². The summed E-state index contributed by atoms with van der Waals surface area (Å²) in [5, 5.41) is 22.4. The third-order valence-corrected chi connectivity index (χ3v) is 3.77. The van der Waals surface area contributed by atoms with E-state index in [0.29, 0.717) is 36.8 Å². The van der Waals surface area contributed by atoms with Crippen molar-refractivity contribution in [2.75, 3.05) is 6.54 Å². The number of benzene rings is 1. The molecule has 1 aromatic carbocycles. The monoisotopic (exact) mass is 302 g/mol. The Morgan fingerprint density at radius 3 is 3.00 bits per heavy atom. The van der Waals surface area contributed by atoms with Gasteiger partial charge in [-0.2, -0.15) is 10.2 Å². The van der Waals surface area contributed by atoms with Gasteiger partial charge < -0.3 is 9.63 Å². The number of rotatable bonds is 3. The maximum Gasteiger partial charge on any atom is 0.244 e. The first-order chi connectivity index (χ1) is 10.6. The highest BCUT2D eigenvalue weighted by Gasteiger charge is 2.35. The van der Waals surface area contributed by atoms with E-state index in [0.717, 1.165) is 0 Å². The first kappa shape index (κ1) is 14.6. The molecule has 22 heavy (non-hydrogen) atoms. The quantitative estimate of drug-likeness (QED) is 0.928. The first-order valence-corrected chi connectivity index (χ1v) is 6.97. The Kier molecular flexibility index (Phi) is 3.88. The minimum absolute atomic E-state index is 0.230. The Morgan fingerprint density at radius 1 is 1.55 bits per heavy atom. The second kappa shape index (κ2) is 5.83. The Morgan fingerprint density at radius 2 is 2.36 bits per heavy atom. The van der Waals surface area contributed by atoms with Gasteiger partial charge in [-0.1, -0.05) is 11.2 Å². The van der Waals surface area contributed by atoms with E-state index >= 15 is 0 Å². The summed E-state index contributed by atoms with van der Waals surface area (Å²) < 4.78 is 19.2. The summed E-state index contributed by atoms with van der Waals surface area (Å²) in [6, 6.07) is 6.06. The third-order valence-electron chi connectivity index (χ3n) is 3.77. The molecule has 6 nitrogen and oxygen atoms in total. The second-order valence-corrected chi connectivity index (χ2v) is 5.43. The van der Waals surface area contributed by atoms with Crippen LogP contribution in [-0.4, -0.2) is 32.8 Å². The van der Waals surface area contributed by atoms with Crippen LogP contribution in [0.5, 0.6) is 0 Å². The molecule has 1 aliphatic rings. The predicted octanol–water partition coefficient (Wildman–Crippen LogP) is 1.70. The standard InChI is InChI=1S/C15H15FN4O2/c1-9-18-15(22-19-9)14-5-12(21)8-20(14)7-11-3-2-10(6-17)4-13(11)16/h2-4,12,14,21H,5,7-8H2,1H3/t12-,14-/m1/s1. The molecule has 2 heterocycles. The average Bonchev–Trinajstić information content (AvgIpc) is 3.07. The van der Waals surface area contributed by atoms with Gasteiger partial charge in [0.25, 0.3) is 0 Å². The maximum atomic E-state index is 14.0. The Bertz CT molecular complexity index is 725. The number of β-amino-alcohol motifs (C(OH)–C–C–N with tert-alkyl or cyclic N) is 1. The van der Waals surface area contributed by atoms with Crippen LogP contribution >= 0.6 is 0 Å². The number of aliphatic hydroxyl groups is 1. The van der Waals surface area contributed by atoms with Crippen molar-refractivity contribution in [1.29, 1.82) is 5.26 Å². The van der Waals surface area contributed by atoms with Crippen molar-refractivity contribution in [2.45, 2.75) is 32.0 Å². The summed E-state index contributed by atoms with van der Waals surface area (Å²) in [7, 11) is 0. The molecule has 1 N–H and O–H groups in total. The van der Waals surface area contributed by atoms with Crippen LogP contribution in [0.2, 0.25) is 0 Å². The number of hydrogen-bond donors (Lipinski definition) is 1. The van der Waals surface area contributed by atoms with Crippen molar-refractivity contribution in [2.24, 2.45) is 0 Å². The Hall–Kier alpha value is -2.30. The normalized spacial score (nSPS) is 21.9. The molecule has 7 heteroatoms. The van der Waals surface area contributed by atoms with Gasteiger partial charge in [-0.05, 0) is 25.5 Å². The van der Waals surface area contributed by atoms with E-state index < -0.39 is 11.9 Å². The van der Waals surface area contributed by atoms with E-state index in [2.05, 4.69) is 10.1 Å². The molecule has 1 aromatic heterocycles. The molecule has 0 aliphatic carbocycles. The zero-order chi connectivity index (χ0) is 15.7. The first-order valence-electron chi connectivity index (χ1n) is 6.97. The van der Waals surface area contributed by atoms with Crippen molar-refractivity contribution in [3.8, 4) is 6.07 Å². The fourth-order valence-electron chi connectivity index (χ4n) is 2.72. The molecule has 114 valence electrons. The summed E-state index contributed by atoms with van der Waals surface area (Å²) in [6.45, 7) is 2.44. The molecule has 0 saturated carbocycles. The fraction of sp³-hybridized carbons (Fsp3) is 0.400. The number of nitrogens with zero attached hydrogens (tertiary/aromatic N) is 4. The van der Waals surface area contributed by atoms with Crippen LogP contribution in [0, 0.1) is 24.1 Å². The van der Waals surface area contributed by atoms with E-state index in [4.69, 9.17) is 9.78 Å². The number of nitriles is 1. The van der Waals surface area contributed by atoms with Crippen LogP contribution in [0.1, 0.15) is 35.3 Å². The van der Waals surface area contributed by atoms with Gasteiger partial charge >= 0.3 is 0 Å². The van der Waals surface area contributed by atoms with Crippen molar-refractivity contribution in [1.82, 2.24) is 15.0 Å². The minimum Gasteiger partial charge on any atom is -0.392 e. The van der Waals surface area contributed by atoms with E-state index in [1.165, 1.54) is 6.07 Å². The topological polar surface area (TPSA) is 86.2 Å². The van der Waals surface area contributed by atoms with Crippen LogP contribution in [-0.2, 0) is 6.54 Å². The number of hydrogen-bond acceptors (Lipinski definition) is 6. The van der Waals surface area contributed by atoms with Crippen molar-refractivity contribution < 1.29 is 14.0 Å². The van der Waals surface area contributed by atoms with Gasteiger partial charge in [-0.25, -0.2) is 4.39 Å². The fourth-order valence-corrected chi connectivity index (χ4v) is 2.72. The van der Waals surface area contributed by atoms with Crippen LogP contribution in [0.25, 0.3) is 0 Å². The molecule has 1 fully saturated rings. The summed E-state index contributed by atoms with van der Waals surface area (Å²) in [5.41, 5.74) is 0.751. The lowest BCUT2D eigenvalue weighted by Gasteiger charge is -2.21. The lowest BCUT2D eigenvalue weighted by molar-refractivity contribution is 0.168. The van der Waals surface area contributed by atoms with Gasteiger partial charge in [-0.3, -0.25) is 4.90 Å². The smallest absolute Gasteiger partial charge is 0.244 e. The van der Waals surface area contributed by atoms with Gasteiger partial charge in [0.2, 0.25) is 5.89 Å². The highest BCUT2D eigenvalue weighted by Crippen LogP contribution is 2.32. The van der Waals surface area contributed by atoms with Crippen LogP contribution in [0.15, 0.2) is 22.7 Å². The molecule has 0 unspecified atom stereocenters. The molecule has 2 aromatic rings. The van der Waals surface area contributed by atoms with Crippen molar-refractivity contribution in [3.63, 3.8) is 0 Å². The van der Waals surface area contributed by atoms with E-state index in [1.807, 2.05) is 11.0 Å². The number of aryl methyl sites for hydroxylation is 1.